The minimum Gasteiger partial charge on any atom is -0.504 e. The molecule has 1 atom stereocenters. The second-order valence-electron chi connectivity index (χ2n) is 10.9. The van der Waals surface area contributed by atoms with Gasteiger partial charge in [-0.3, -0.25) is 24.9 Å². The third kappa shape index (κ3) is 6.20. The molecule has 0 saturated heterocycles. The van der Waals surface area contributed by atoms with Gasteiger partial charge in [-0.05, 0) is 69.1 Å². The minimum atomic E-state index is -1.82. The molecule has 0 bridgehead atoms. The first-order valence-electron chi connectivity index (χ1n) is 13.9. The van der Waals surface area contributed by atoms with Gasteiger partial charge < -0.3 is 35.8 Å². The van der Waals surface area contributed by atoms with Crippen LogP contribution < -0.4 is 20.5 Å². The predicted octanol–water partition coefficient (Wildman–Crippen LogP) is 4.46. The average molecular weight is 625 g/mol. The van der Waals surface area contributed by atoms with Crippen LogP contribution in [-0.2, 0) is 9.59 Å². The Bertz CT molecular complexity index is 1680. The SMILES string of the molecule is CN1CC=NC1c1cc(NC2CCC(C(=O)O)(C(=O)O)CC2)ccc1Oc1c(F)cnc(Oc2cc(C(=N)N)ccc2O)c1F. The standard InChI is InChI=1S/C30H30F2N6O7/c1-38-11-10-35-26(38)18-13-17(37-16-6-8-30(9-7-16,28(40)41)29(42)43)3-5-21(18)44-24-19(31)14-36-27(23(24)32)45-22-12-15(25(33)34)2-4-20(22)39/h2-5,10,12-14,16,26,37,39H,6-9,11H2,1H3,(H3,33,34)(H,40,41)(H,42,43). The van der Waals surface area contributed by atoms with Crippen molar-refractivity contribution in [3.63, 3.8) is 0 Å². The van der Waals surface area contributed by atoms with Gasteiger partial charge in [0.1, 0.15) is 17.8 Å². The summed E-state index contributed by atoms with van der Waals surface area (Å²) in [4.78, 5) is 33.4. The number of amidine groups is 1. The Labute approximate surface area is 255 Å². The van der Waals surface area contributed by atoms with Crippen molar-refractivity contribution in [1.29, 1.82) is 5.41 Å². The van der Waals surface area contributed by atoms with Crippen molar-refractivity contribution in [1.82, 2.24) is 9.88 Å². The first-order valence-corrected chi connectivity index (χ1v) is 13.9. The zero-order chi connectivity index (χ0) is 32.5. The molecule has 2 heterocycles. The molecule has 0 spiro atoms. The number of pyridine rings is 1. The second-order valence-corrected chi connectivity index (χ2v) is 10.9. The van der Waals surface area contributed by atoms with Crippen LogP contribution in [0.25, 0.3) is 0 Å². The van der Waals surface area contributed by atoms with Gasteiger partial charge in [-0.25, -0.2) is 9.37 Å². The molecule has 7 N–H and O–H groups in total. The van der Waals surface area contributed by atoms with E-state index in [2.05, 4.69) is 15.3 Å². The van der Waals surface area contributed by atoms with Crippen LogP contribution >= 0.6 is 0 Å². The molecular formula is C30H30F2N6O7. The maximum atomic E-state index is 15.6. The monoisotopic (exact) mass is 624 g/mol. The smallest absolute Gasteiger partial charge is 0.321 e. The Kier molecular flexibility index (Phi) is 8.55. The predicted molar refractivity (Wildman–Crippen MR) is 157 cm³/mol. The summed E-state index contributed by atoms with van der Waals surface area (Å²) in [5, 5.41) is 40.1. The molecule has 0 amide bonds. The Morgan fingerprint density at radius 1 is 1.09 bits per heavy atom. The minimum absolute atomic E-state index is 0.0408. The summed E-state index contributed by atoms with van der Waals surface area (Å²) in [6.07, 6.45) is 2.35. The fraction of sp³-hybridized carbons (Fsp3) is 0.300. The number of nitrogen functional groups attached to an aromatic ring is 1. The number of hydrogen-bond acceptors (Lipinski definition) is 10. The number of carboxylic acids is 2. The van der Waals surface area contributed by atoms with E-state index in [9.17, 15) is 29.3 Å². The molecule has 1 aliphatic heterocycles. The Hall–Kier alpha value is -5.31. The number of halogens is 2. The van der Waals surface area contributed by atoms with Crippen LogP contribution in [0, 0.1) is 22.5 Å². The fourth-order valence-corrected chi connectivity index (χ4v) is 5.32. The number of aliphatic carboxylic acids is 2. The van der Waals surface area contributed by atoms with Crippen molar-refractivity contribution in [3.8, 4) is 28.9 Å². The molecule has 3 aromatic rings. The average Bonchev–Trinajstić information content (AvgIpc) is 3.43. The van der Waals surface area contributed by atoms with E-state index in [1.807, 2.05) is 4.90 Å². The van der Waals surface area contributed by atoms with Crippen molar-refractivity contribution in [3.05, 3.63) is 65.4 Å². The van der Waals surface area contributed by atoms with Gasteiger partial charge in [-0.2, -0.15) is 4.39 Å². The molecule has 45 heavy (non-hydrogen) atoms. The van der Waals surface area contributed by atoms with E-state index in [4.69, 9.17) is 20.6 Å². The van der Waals surface area contributed by atoms with E-state index in [1.165, 1.54) is 24.3 Å². The van der Waals surface area contributed by atoms with Gasteiger partial charge in [-0.15, -0.1) is 0 Å². The van der Waals surface area contributed by atoms with Crippen LogP contribution in [0.15, 0.2) is 47.6 Å². The number of hydrogen-bond donors (Lipinski definition) is 6. The highest BCUT2D eigenvalue weighted by atomic mass is 19.1. The summed E-state index contributed by atoms with van der Waals surface area (Å²) in [6, 6.07) is 8.38. The van der Waals surface area contributed by atoms with Gasteiger partial charge >= 0.3 is 11.9 Å². The van der Waals surface area contributed by atoms with Gasteiger partial charge in [-0.1, -0.05) is 0 Å². The number of phenolic OH excluding ortho intramolecular Hbond substituents is 1. The zero-order valence-corrected chi connectivity index (χ0v) is 24.0. The lowest BCUT2D eigenvalue weighted by Crippen LogP contribution is -2.44. The molecule has 0 radical (unpaired) electrons. The number of nitrogens with two attached hydrogens (primary N) is 1. The van der Waals surface area contributed by atoms with E-state index < -0.39 is 52.5 Å². The van der Waals surface area contributed by atoms with Crippen LogP contribution in [0.4, 0.5) is 14.5 Å². The molecule has 1 fully saturated rings. The lowest BCUT2D eigenvalue weighted by Gasteiger charge is -2.34. The maximum Gasteiger partial charge on any atom is 0.321 e. The van der Waals surface area contributed by atoms with Crippen LogP contribution in [0.3, 0.4) is 0 Å². The van der Waals surface area contributed by atoms with Gasteiger partial charge in [0, 0.05) is 35.6 Å². The Morgan fingerprint density at radius 2 is 1.80 bits per heavy atom. The normalized spacial score (nSPS) is 18.0. The van der Waals surface area contributed by atoms with Crippen LogP contribution in [0.1, 0.15) is 43.0 Å². The van der Waals surface area contributed by atoms with E-state index in [1.54, 1.807) is 25.4 Å². The Balaban J connectivity index is 1.42. The lowest BCUT2D eigenvalue weighted by atomic mass is 9.72. The molecule has 1 saturated carbocycles. The number of nitrogens with one attached hydrogen (secondary N) is 2. The van der Waals surface area contributed by atoms with Gasteiger partial charge in [0.2, 0.25) is 11.6 Å². The number of carbonyl (C=O) groups is 2. The van der Waals surface area contributed by atoms with Crippen LogP contribution in [-0.4, -0.2) is 68.8 Å². The topological polar surface area (TPSA) is 204 Å². The molecule has 1 unspecified atom stereocenters. The van der Waals surface area contributed by atoms with E-state index >= 15 is 4.39 Å². The summed E-state index contributed by atoms with van der Waals surface area (Å²) < 4.78 is 41.7. The molecule has 236 valence electrons. The van der Waals surface area contributed by atoms with Crippen molar-refractivity contribution in [2.45, 2.75) is 37.9 Å². The van der Waals surface area contributed by atoms with Crippen LogP contribution in [0.2, 0.25) is 0 Å². The van der Waals surface area contributed by atoms with Crippen LogP contribution in [0.5, 0.6) is 28.9 Å². The molecule has 5 rings (SSSR count). The van der Waals surface area contributed by atoms with Gasteiger partial charge in [0.05, 0.1) is 6.20 Å². The number of aromatic nitrogens is 1. The Morgan fingerprint density at radius 3 is 2.42 bits per heavy atom. The zero-order valence-electron chi connectivity index (χ0n) is 24.0. The number of ether oxygens (including phenoxy) is 2. The molecule has 13 nitrogen and oxygen atoms in total. The number of carboxylic acid groups (broad SMARTS) is 2. The summed E-state index contributed by atoms with van der Waals surface area (Å²) in [5.41, 5.74) is 4.91. The number of phenols is 1. The molecule has 15 heteroatoms. The molecule has 2 aromatic carbocycles. The fourth-order valence-electron chi connectivity index (χ4n) is 5.32. The molecule has 1 aromatic heterocycles. The highest BCUT2D eigenvalue weighted by molar-refractivity contribution is 5.98. The highest BCUT2D eigenvalue weighted by Gasteiger charge is 2.48. The lowest BCUT2D eigenvalue weighted by molar-refractivity contribution is -0.167. The second kappa shape index (κ2) is 12.4. The number of aromatic hydroxyl groups is 1. The number of anilines is 1. The third-order valence-electron chi connectivity index (χ3n) is 7.94. The van der Waals surface area contributed by atoms with Crippen molar-refractivity contribution in [2.75, 3.05) is 18.9 Å². The van der Waals surface area contributed by atoms with Gasteiger partial charge in [0.15, 0.2) is 22.7 Å². The first-order chi connectivity index (χ1) is 21.4. The maximum absolute atomic E-state index is 15.6. The first kappa shape index (κ1) is 31.1. The van der Waals surface area contributed by atoms with Crippen molar-refractivity contribution in [2.24, 2.45) is 16.1 Å². The number of aliphatic imine (C=N–C) groups is 1. The largest absolute Gasteiger partial charge is 0.504 e. The van der Waals surface area contributed by atoms with Crippen molar-refractivity contribution < 1.29 is 43.2 Å². The van der Waals surface area contributed by atoms with E-state index in [0.717, 1.165) is 0 Å². The van der Waals surface area contributed by atoms with E-state index in [-0.39, 0.29) is 41.8 Å². The molecule has 1 aliphatic carbocycles. The summed E-state index contributed by atoms with van der Waals surface area (Å²) in [7, 11) is 1.81. The van der Waals surface area contributed by atoms with Gasteiger partial charge in [0.25, 0.3) is 5.88 Å². The number of nitrogens with zero attached hydrogens (tertiary/aromatic N) is 3. The summed E-state index contributed by atoms with van der Waals surface area (Å²) in [6.45, 7) is 0.510. The number of benzene rings is 2. The molecule has 2 aliphatic rings. The third-order valence-corrected chi connectivity index (χ3v) is 7.94. The summed E-state index contributed by atoms with van der Waals surface area (Å²) in [5.74, 6) is -7.55. The van der Waals surface area contributed by atoms with Crippen molar-refractivity contribution >= 4 is 29.7 Å². The highest BCUT2D eigenvalue weighted by Crippen LogP contribution is 2.42. The number of rotatable bonds is 10. The summed E-state index contributed by atoms with van der Waals surface area (Å²) >= 11 is 0. The van der Waals surface area contributed by atoms with E-state index in [0.29, 0.717) is 36.8 Å². The quantitative estimate of drug-likeness (QED) is 0.106. The molecular weight excluding hydrogens is 594 g/mol.